The summed E-state index contributed by atoms with van der Waals surface area (Å²) in [6.45, 7) is 3.10. The van der Waals surface area contributed by atoms with Crippen LogP contribution in [0.1, 0.15) is 22.7 Å². The zero-order valence-electron chi connectivity index (χ0n) is 14.3. The molecule has 1 unspecified atom stereocenters. The largest absolute Gasteiger partial charge is 0.377 e. The number of carbonyl (C=O) groups excluding carboxylic acids is 1. The van der Waals surface area contributed by atoms with Crippen LogP contribution in [0.5, 0.6) is 0 Å². The van der Waals surface area contributed by atoms with Crippen molar-refractivity contribution >= 4 is 17.0 Å². The predicted molar refractivity (Wildman–Crippen MR) is 96.5 cm³/mol. The summed E-state index contributed by atoms with van der Waals surface area (Å²) in [6, 6.07) is 5.86. The van der Waals surface area contributed by atoms with Crippen molar-refractivity contribution in [2.24, 2.45) is 0 Å². The van der Waals surface area contributed by atoms with Crippen LogP contribution in [-0.2, 0) is 4.74 Å². The van der Waals surface area contributed by atoms with E-state index in [0.717, 1.165) is 49.5 Å². The van der Waals surface area contributed by atoms with Crippen molar-refractivity contribution in [1.29, 1.82) is 0 Å². The first-order valence-corrected chi connectivity index (χ1v) is 8.66. The quantitative estimate of drug-likeness (QED) is 0.926. The topological polar surface area (TPSA) is 58.9 Å². The number of allylic oxidation sites excluding steroid dienone is 2. The fraction of sp³-hybridized carbons (Fsp3) is 0.368. The van der Waals surface area contributed by atoms with E-state index in [1.165, 1.54) is 0 Å². The van der Waals surface area contributed by atoms with Crippen LogP contribution < -0.4 is 5.32 Å². The molecule has 1 saturated heterocycles. The Kier molecular flexibility index (Phi) is 4.38. The van der Waals surface area contributed by atoms with Gasteiger partial charge in [0.05, 0.1) is 11.6 Å². The monoisotopic (exact) mass is 338 g/mol. The number of imidazole rings is 1. The summed E-state index contributed by atoms with van der Waals surface area (Å²) in [5.74, 6) is 0.812. The summed E-state index contributed by atoms with van der Waals surface area (Å²) in [5.41, 5.74) is 2.40. The number of methoxy groups -OCH3 is 1. The second-order valence-corrected chi connectivity index (χ2v) is 6.31. The number of rotatable bonds is 3. The van der Waals surface area contributed by atoms with Crippen molar-refractivity contribution in [2.75, 3.05) is 33.3 Å². The molecule has 6 nitrogen and oxygen atoms in total. The molecule has 2 aliphatic rings. The van der Waals surface area contributed by atoms with Gasteiger partial charge in [0.1, 0.15) is 5.82 Å². The van der Waals surface area contributed by atoms with Crippen molar-refractivity contribution in [3.63, 3.8) is 0 Å². The minimum atomic E-state index is 0.00612. The summed E-state index contributed by atoms with van der Waals surface area (Å²) in [5, 5.41) is 3.28. The number of pyridine rings is 1. The number of nitrogens with one attached hydrogen (secondary N) is 1. The maximum atomic E-state index is 13.0. The second kappa shape index (κ2) is 6.82. The molecule has 0 aromatic carbocycles. The molecule has 2 aromatic heterocycles. The Morgan fingerprint density at radius 2 is 2.16 bits per heavy atom. The molecule has 25 heavy (non-hydrogen) atoms. The van der Waals surface area contributed by atoms with E-state index in [-0.39, 0.29) is 12.0 Å². The lowest BCUT2D eigenvalue weighted by atomic mass is 10.0. The Hall–Kier alpha value is -2.44. The molecule has 1 N–H and O–H groups in total. The maximum absolute atomic E-state index is 13.0. The normalized spacial score (nSPS) is 20.8. The molecule has 4 rings (SSSR count). The van der Waals surface area contributed by atoms with Gasteiger partial charge in [0.2, 0.25) is 0 Å². The number of carbonyl (C=O) groups is 1. The summed E-state index contributed by atoms with van der Waals surface area (Å²) in [7, 11) is 1.71. The predicted octanol–water partition coefficient (Wildman–Crippen LogP) is 1.74. The van der Waals surface area contributed by atoms with E-state index >= 15 is 0 Å². The minimum Gasteiger partial charge on any atom is -0.377 e. The Labute approximate surface area is 146 Å². The molecule has 1 aliphatic heterocycles. The molecule has 0 radical (unpaired) electrons. The molecule has 0 saturated carbocycles. The van der Waals surface area contributed by atoms with Gasteiger partial charge in [-0.05, 0) is 18.6 Å². The van der Waals surface area contributed by atoms with Gasteiger partial charge in [-0.25, -0.2) is 4.98 Å². The van der Waals surface area contributed by atoms with Gasteiger partial charge in [-0.3, -0.25) is 9.20 Å². The van der Waals surface area contributed by atoms with Crippen LogP contribution in [0.3, 0.4) is 0 Å². The van der Waals surface area contributed by atoms with E-state index < -0.39 is 0 Å². The van der Waals surface area contributed by atoms with E-state index in [9.17, 15) is 4.79 Å². The van der Waals surface area contributed by atoms with Crippen LogP contribution in [-0.4, -0.2) is 59.6 Å². The first kappa shape index (κ1) is 16.1. The van der Waals surface area contributed by atoms with Crippen molar-refractivity contribution in [3.8, 4) is 0 Å². The molecule has 1 fully saturated rings. The van der Waals surface area contributed by atoms with Gasteiger partial charge in [-0.2, -0.15) is 0 Å². The van der Waals surface area contributed by atoms with Crippen LogP contribution >= 0.6 is 0 Å². The zero-order valence-corrected chi connectivity index (χ0v) is 14.3. The van der Waals surface area contributed by atoms with Gasteiger partial charge >= 0.3 is 0 Å². The molecule has 130 valence electrons. The summed E-state index contributed by atoms with van der Waals surface area (Å²) in [6.07, 6.45) is 9.07. The summed E-state index contributed by atoms with van der Waals surface area (Å²) < 4.78 is 7.36. The standard InChI is InChI=1S/C19H22N4O2/c1-25-15-7-5-14(6-8-15)18-21-17(16-4-2-3-11-23(16)18)19(24)22-12-9-20-10-13-22/h2-7,11,15,20H,8-10,12-13H2,1H3. The van der Waals surface area contributed by atoms with Crippen molar-refractivity contribution in [3.05, 3.63) is 54.1 Å². The highest BCUT2D eigenvalue weighted by molar-refractivity contribution is 6.00. The fourth-order valence-corrected chi connectivity index (χ4v) is 3.36. The molecule has 0 bridgehead atoms. The SMILES string of the molecule is COC1C=CC(c2nc(C(=O)N3CCNCC3)c3ccccn23)=CC1. The van der Waals surface area contributed by atoms with Crippen LogP contribution in [0.2, 0.25) is 0 Å². The summed E-state index contributed by atoms with van der Waals surface area (Å²) >= 11 is 0. The van der Waals surface area contributed by atoms with Crippen molar-refractivity contribution < 1.29 is 9.53 Å². The molecule has 3 heterocycles. The number of hydrogen-bond acceptors (Lipinski definition) is 4. The van der Waals surface area contributed by atoms with Crippen LogP contribution in [0, 0.1) is 0 Å². The molecular formula is C19H22N4O2. The summed E-state index contributed by atoms with van der Waals surface area (Å²) in [4.78, 5) is 19.6. The fourth-order valence-electron chi connectivity index (χ4n) is 3.36. The minimum absolute atomic E-state index is 0.00612. The molecule has 1 amide bonds. The Balaban J connectivity index is 1.73. The van der Waals surface area contributed by atoms with Gasteiger partial charge in [-0.15, -0.1) is 0 Å². The van der Waals surface area contributed by atoms with Crippen LogP contribution in [0.25, 0.3) is 11.1 Å². The number of fused-ring (bicyclic) bond motifs is 1. The van der Waals surface area contributed by atoms with Gasteiger partial charge in [-0.1, -0.05) is 24.3 Å². The lowest BCUT2D eigenvalue weighted by Gasteiger charge is -2.26. The highest BCUT2D eigenvalue weighted by Crippen LogP contribution is 2.25. The number of piperazine rings is 1. The smallest absolute Gasteiger partial charge is 0.274 e. The third kappa shape index (κ3) is 2.99. The zero-order chi connectivity index (χ0) is 17.2. The van der Waals surface area contributed by atoms with Crippen LogP contribution in [0.4, 0.5) is 0 Å². The van der Waals surface area contributed by atoms with Gasteiger partial charge < -0.3 is 15.0 Å². The number of nitrogens with zero attached hydrogens (tertiary/aromatic N) is 3. The molecular weight excluding hydrogens is 316 g/mol. The first-order chi connectivity index (χ1) is 12.3. The van der Waals surface area contributed by atoms with Crippen molar-refractivity contribution in [1.82, 2.24) is 19.6 Å². The number of aromatic nitrogens is 2. The molecule has 0 spiro atoms. The molecule has 1 aliphatic carbocycles. The van der Waals surface area contributed by atoms with E-state index in [0.29, 0.717) is 5.69 Å². The molecule has 6 heteroatoms. The molecule has 2 aromatic rings. The van der Waals surface area contributed by atoms with Crippen LogP contribution in [0.15, 0.2) is 42.6 Å². The Morgan fingerprint density at radius 3 is 2.88 bits per heavy atom. The average Bonchev–Trinajstić information content (AvgIpc) is 3.08. The Bertz CT molecular complexity index is 846. The van der Waals surface area contributed by atoms with Gasteiger partial charge in [0.15, 0.2) is 5.69 Å². The van der Waals surface area contributed by atoms with Gasteiger partial charge in [0.25, 0.3) is 5.91 Å². The lowest BCUT2D eigenvalue weighted by Crippen LogP contribution is -2.46. The second-order valence-electron chi connectivity index (χ2n) is 6.31. The van der Waals surface area contributed by atoms with Gasteiger partial charge in [0, 0.05) is 45.1 Å². The third-order valence-corrected chi connectivity index (χ3v) is 4.78. The highest BCUT2D eigenvalue weighted by atomic mass is 16.5. The number of ether oxygens (including phenoxy) is 1. The van der Waals surface area contributed by atoms with E-state index in [4.69, 9.17) is 9.72 Å². The first-order valence-electron chi connectivity index (χ1n) is 8.66. The molecule has 1 atom stereocenters. The maximum Gasteiger partial charge on any atom is 0.274 e. The Morgan fingerprint density at radius 1 is 1.32 bits per heavy atom. The number of amides is 1. The number of hydrogen-bond donors (Lipinski definition) is 1. The van der Waals surface area contributed by atoms with Crippen molar-refractivity contribution in [2.45, 2.75) is 12.5 Å². The average molecular weight is 338 g/mol. The lowest BCUT2D eigenvalue weighted by molar-refractivity contribution is 0.0732. The highest BCUT2D eigenvalue weighted by Gasteiger charge is 2.25. The van der Waals surface area contributed by atoms with E-state index in [1.54, 1.807) is 7.11 Å². The van der Waals surface area contributed by atoms with E-state index in [1.807, 2.05) is 45.8 Å². The van der Waals surface area contributed by atoms with E-state index in [2.05, 4.69) is 11.4 Å². The third-order valence-electron chi connectivity index (χ3n) is 4.78.